The van der Waals surface area contributed by atoms with Crippen LogP contribution in [-0.4, -0.2) is 41.5 Å². The van der Waals surface area contributed by atoms with E-state index in [9.17, 15) is 0 Å². The highest BCUT2D eigenvalue weighted by Crippen LogP contribution is 2.50. The maximum Gasteiger partial charge on any atom is 0.185 e. The molecule has 0 aromatic carbocycles. The maximum atomic E-state index is 6.64. The number of likely N-dealkylation sites (tertiary alicyclic amines) is 1. The molecule has 0 aromatic rings. The Morgan fingerprint density at radius 1 is 1.00 bits per heavy atom. The number of unbranched alkanes of at least 4 members (excludes halogenated alkanes) is 7. The molecule has 3 nitrogen and oxygen atoms in total. The van der Waals surface area contributed by atoms with Crippen LogP contribution in [0.1, 0.15) is 112 Å². The van der Waals surface area contributed by atoms with Gasteiger partial charge >= 0.3 is 0 Å². The first-order valence-corrected chi connectivity index (χ1v) is 12.0. The minimum Gasteiger partial charge on any atom is -0.346 e. The first kappa shape index (κ1) is 23.2. The van der Waals surface area contributed by atoms with Crippen molar-refractivity contribution in [2.45, 2.75) is 136 Å². The Bertz CT molecular complexity index is 429. The third-order valence-electron chi connectivity index (χ3n) is 7.74. The van der Waals surface area contributed by atoms with E-state index in [0.29, 0.717) is 18.1 Å². The minimum atomic E-state index is -0.376. The summed E-state index contributed by atoms with van der Waals surface area (Å²) < 4.78 is 13.0. The number of nitrogens with zero attached hydrogens (tertiary/aromatic N) is 1. The van der Waals surface area contributed by atoms with Gasteiger partial charge in [0.25, 0.3) is 0 Å². The van der Waals surface area contributed by atoms with Crippen molar-refractivity contribution in [3.63, 3.8) is 0 Å². The van der Waals surface area contributed by atoms with Crippen LogP contribution in [0.15, 0.2) is 0 Å². The first-order chi connectivity index (χ1) is 12.9. The van der Waals surface area contributed by atoms with Gasteiger partial charge in [0.1, 0.15) is 0 Å². The number of hydrogen-bond donors (Lipinski definition) is 0. The Kier molecular flexibility index (Phi) is 9.09. The van der Waals surface area contributed by atoms with Crippen molar-refractivity contribution in [1.29, 1.82) is 0 Å². The Morgan fingerprint density at radius 2 is 1.63 bits per heavy atom. The quantitative estimate of drug-likeness (QED) is 0.358. The van der Waals surface area contributed by atoms with Gasteiger partial charge in [0.05, 0.1) is 19.3 Å². The Hall–Kier alpha value is -0.120. The monoisotopic (exact) mass is 381 g/mol. The lowest BCUT2D eigenvalue weighted by molar-refractivity contribution is -0.185. The van der Waals surface area contributed by atoms with Gasteiger partial charge in [-0.15, -0.1) is 0 Å². The Balaban J connectivity index is 1.78. The zero-order valence-electron chi connectivity index (χ0n) is 19.2. The second-order valence-corrected chi connectivity index (χ2v) is 9.44. The van der Waals surface area contributed by atoms with Crippen LogP contribution in [0, 0.1) is 5.92 Å². The molecule has 2 rings (SSSR count). The van der Waals surface area contributed by atoms with Crippen LogP contribution >= 0.6 is 0 Å². The molecule has 2 heterocycles. The summed E-state index contributed by atoms with van der Waals surface area (Å²) in [6.07, 6.45) is 14.8. The molecule has 160 valence electrons. The lowest BCUT2D eigenvalue weighted by Gasteiger charge is -2.41. The van der Waals surface area contributed by atoms with Gasteiger partial charge in [-0.1, -0.05) is 79.1 Å². The second kappa shape index (κ2) is 10.6. The molecule has 2 aliphatic heterocycles. The van der Waals surface area contributed by atoms with Gasteiger partial charge in [-0.25, -0.2) is 0 Å². The largest absolute Gasteiger partial charge is 0.346 e. The summed E-state index contributed by atoms with van der Waals surface area (Å²) in [6, 6.07) is 0.579. The molecule has 27 heavy (non-hydrogen) atoms. The number of ether oxygens (including phenoxy) is 2. The van der Waals surface area contributed by atoms with Crippen molar-refractivity contribution < 1.29 is 9.47 Å². The maximum absolute atomic E-state index is 6.64. The highest BCUT2D eigenvalue weighted by Gasteiger charge is 2.61. The summed E-state index contributed by atoms with van der Waals surface area (Å²) in [4.78, 5) is 2.66. The molecule has 1 spiro atoms. The summed E-state index contributed by atoms with van der Waals surface area (Å²) in [7, 11) is 0. The lowest BCUT2D eigenvalue weighted by atomic mass is 9.82. The molecule has 0 bridgehead atoms. The van der Waals surface area contributed by atoms with E-state index < -0.39 is 0 Å². The number of hydrogen-bond acceptors (Lipinski definition) is 3. The SMILES string of the molecule is CCCCCCCCCCC1COC2(CN(C(C)CC)C(C)(CC)C2C)O1. The third-order valence-corrected chi connectivity index (χ3v) is 7.74. The second-order valence-electron chi connectivity index (χ2n) is 9.44. The molecule has 5 atom stereocenters. The van der Waals surface area contributed by atoms with E-state index in [1.165, 1.54) is 57.8 Å². The summed E-state index contributed by atoms with van der Waals surface area (Å²) in [6.45, 7) is 15.7. The number of rotatable bonds is 12. The van der Waals surface area contributed by atoms with Crippen molar-refractivity contribution in [3.8, 4) is 0 Å². The van der Waals surface area contributed by atoms with Crippen molar-refractivity contribution >= 4 is 0 Å². The van der Waals surface area contributed by atoms with E-state index in [4.69, 9.17) is 9.47 Å². The van der Waals surface area contributed by atoms with Gasteiger partial charge in [-0.2, -0.15) is 0 Å². The predicted octanol–water partition coefficient (Wildman–Crippen LogP) is 6.55. The lowest BCUT2D eigenvalue weighted by Crippen LogP contribution is -2.48. The molecule has 2 fully saturated rings. The highest BCUT2D eigenvalue weighted by atomic mass is 16.7. The Labute approximate surface area is 169 Å². The zero-order valence-corrected chi connectivity index (χ0v) is 19.2. The van der Waals surface area contributed by atoms with Crippen LogP contribution in [0.25, 0.3) is 0 Å². The fourth-order valence-corrected chi connectivity index (χ4v) is 5.21. The van der Waals surface area contributed by atoms with Crippen molar-refractivity contribution in [2.75, 3.05) is 13.2 Å². The summed E-state index contributed by atoms with van der Waals surface area (Å²) in [5.41, 5.74) is 0.169. The molecule has 2 aliphatic rings. The van der Waals surface area contributed by atoms with Crippen LogP contribution in [0.3, 0.4) is 0 Å². The molecular formula is C24H47NO2. The van der Waals surface area contributed by atoms with E-state index in [1.807, 2.05) is 0 Å². The summed E-state index contributed by atoms with van der Waals surface area (Å²) in [5.74, 6) is 0.0338. The minimum absolute atomic E-state index is 0.169. The average Bonchev–Trinajstić information content (AvgIpc) is 3.19. The van der Waals surface area contributed by atoms with Gasteiger partial charge in [0.2, 0.25) is 0 Å². The first-order valence-electron chi connectivity index (χ1n) is 12.0. The predicted molar refractivity (Wildman–Crippen MR) is 115 cm³/mol. The van der Waals surface area contributed by atoms with Crippen molar-refractivity contribution in [2.24, 2.45) is 5.92 Å². The normalized spacial score (nSPS) is 35.3. The molecule has 0 N–H and O–H groups in total. The van der Waals surface area contributed by atoms with E-state index in [-0.39, 0.29) is 11.3 Å². The van der Waals surface area contributed by atoms with Gasteiger partial charge in [0, 0.05) is 17.5 Å². The van der Waals surface area contributed by atoms with Crippen molar-refractivity contribution in [3.05, 3.63) is 0 Å². The smallest absolute Gasteiger partial charge is 0.185 e. The summed E-state index contributed by atoms with van der Waals surface area (Å²) >= 11 is 0. The highest BCUT2D eigenvalue weighted by molar-refractivity contribution is 5.08. The van der Waals surface area contributed by atoms with E-state index in [0.717, 1.165) is 26.0 Å². The third kappa shape index (κ3) is 5.28. The molecule has 2 saturated heterocycles. The average molecular weight is 382 g/mol. The van der Waals surface area contributed by atoms with E-state index >= 15 is 0 Å². The van der Waals surface area contributed by atoms with Crippen LogP contribution in [0.2, 0.25) is 0 Å². The summed E-state index contributed by atoms with van der Waals surface area (Å²) in [5, 5.41) is 0. The van der Waals surface area contributed by atoms with Crippen LogP contribution < -0.4 is 0 Å². The molecule has 3 heteroatoms. The molecule has 5 unspecified atom stereocenters. The van der Waals surface area contributed by atoms with Gasteiger partial charge in [-0.3, -0.25) is 4.90 Å². The molecular weight excluding hydrogens is 334 g/mol. The molecule has 0 saturated carbocycles. The zero-order chi connectivity index (χ0) is 19.9. The molecule has 0 aromatic heterocycles. The van der Waals surface area contributed by atoms with Gasteiger partial charge < -0.3 is 9.47 Å². The standard InChI is InChI=1S/C24H47NO2/c1-7-10-11-12-13-14-15-16-17-22-18-26-24(27-22)19-25(20(4)8-2)23(6,9-3)21(24)5/h20-22H,7-19H2,1-6H3. The van der Waals surface area contributed by atoms with Crippen LogP contribution in [-0.2, 0) is 9.47 Å². The molecule has 0 amide bonds. The molecule has 0 aliphatic carbocycles. The fraction of sp³-hybridized carbons (Fsp3) is 1.00. The van der Waals surface area contributed by atoms with Crippen LogP contribution in [0.4, 0.5) is 0 Å². The van der Waals surface area contributed by atoms with Crippen LogP contribution in [0.5, 0.6) is 0 Å². The van der Waals surface area contributed by atoms with Crippen molar-refractivity contribution in [1.82, 2.24) is 4.90 Å². The Morgan fingerprint density at radius 3 is 2.22 bits per heavy atom. The van der Waals surface area contributed by atoms with E-state index in [1.54, 1.807) is 0 Å². The van der Waals surface area contributed by atoms with Gasteiger partial charge in [0.15, 0.2) is 5.79 Å². The van der Waals surface area contributed by atoms with Gasteiger partial charge in [-0.05, 0) is 33.1 Å². The topological polar surface area (TPSA) is 21.7 Å². The fourth-order valence-electron chi connectivity index (χ4n) is 5.21. The van der Waals surface area contributed by atoms with E-state index in [2.05, 4.69) is 46.4 Å². The molecule has 0 radical (unpaired) electrons.